The van der Waals surface area contributed by atoms with Gasteiger partial charge >= 0.3 is 0 Å². The molecule has 0 aliphatic rings. The Morgan fingerprint density at radius 2 is 2.00 bits per heavy atom. The molecule has 0 spiro atoms. The Balaban J connectivity index is 1.81. The lowest BCUT2D eigenvalue weighted by molar-refractivity contribution is 0.475. The molecular formula is C12H14N2O. The van der Waals surface area contributed by atoms with Gasteiger partial charge in [0.05, 0.1) is 6.33 Å². The number of nitrogens with zero attached hydrogens (tertiary/aromatic N) is 2. The van der Waals surface area contributed by atoms with Crippen LogP contribution >= 0.6 is 0 Å². The highest BCUT2D eigenvalue weighted by Gasteiger charge is 1.94. The Morgan fingerprint density at radius 3 is 2.67 bits per heavy atom. The van der Waals surface area contributed by atoms with Gasteiger partial charge in [0.1, 0.15) is 5.75 Å². The van der Waals surface area contributed by atoms with Crippen molar-refractivity contribution >= 4 is 0 Å². The molecule has 0 fully saturated rings. The first-order chi connectivity index (χ1) is 7.34. The summed E-state index contributed by atoms with van der Waals surface area (Å²) in [5, 5.41) is 9.12. The van der Waals surface area contributed by atoms with Gasteiger partial charge in [-0.2, -0.15) is 0 Å². The third-order valence-corrected chi connectivity index (χ3v) is 2.38. The van der Waals surface area contributed by atoms with E-state index in [0.29, 0.717) is 5.75 Å². The van der Waals surface area contributed by atoms with E-state index >= 15 is 0 Å². The molecule has 0 radical (unpaired) electrons. The van der Waals surface area contributed by atoms with E-state index in [0.717, 1.165) is 19.4 Å². The van der Waals surface area contributed by atoms with Gasteiger partial charge in [0, 0.05) is 18.9 Å². The highest BCUT2D eigenvalue weighted by atomic mass is 16.3. The molecule has 0 saturated heterocycles. The van der Waals surface area contributed by atoms with Crippen LogP contribution in [0.2, 0.25) is 0 Å². The summed E-state index contributed by atoms with van der Waals surface area (Å²) in [7, 11) is 0. The van der Waals surface area contributed by atoms with Gasteiger partial charge in [0.15, 0.2) is 0 Å². The van der Waals surface area contributed by atoms with Crippen LogP contribution in [0.4, 0.5) is 0 Å². The maximum Gasteiger partial charge on any atom is 0.115 e. The molecule has 0 aliphatic heterocycles. The molecule has 3 heteroatoms. The number of aromatic hydroxyl groups is 1. The molecule has 1 aromatic heterocycles. The SMILES string of the molecule is Oc1ccc(CCCn2ccnc2)cc1. The minimum atomic E-state index is 0.327. The summed E-state index contributed by atoms with van der Waals surface area (Å²) in [6, 6.07) is 7.38. The number of hydrogen-bond donors (Lipinski definition) is 1. The normalized spacial score (nSPS) is 10.4. The maximum absolute atomic E-state index is 9.12. The number of phenols is 1. The van der Waals surface area contributed by atoms with Crippen LogP contribution in [0.25, 0.3) is 0 Å². The molecule has 0 unspecified atom stereocenters. The maximum atomic E-state index is 9.12. The Kier molecular flexibility index (Phi) is 3.02. The number of phenolic OH excluding ortho intramolecular Hbond substituents is 1. The van der Waals surface area contributed by atoms with Crippen LogP contribution in [0.3, 0.4) is 0 Å². The monoisotopic (exact) mass is 202 g/mol. The van der Waals surface area contributed by atoms with Gasteiger partial charge < -0.3 is 9.67 Å². The number of benzene rings is 1. The summed E-state index contributed by atoms with van der Waals surface area (Å²) in [6.45, 7) is 0.987. The molecule has 1 N–H and O–H groups in total. The van der Waals surface area contributed by atoms with E-state index < -0.39 is 0 Å². The van der Waals surface area contributed by atoms with Crippen LogP contribution < -0.4 is 0 Å². The molecule has 1 heterocycles. The molecule has 2 rings (SSSR count). The molecule has 0 bridgehead atoms. The van der Waals surface area contributed by atoms with Gasteiger partial charge in [0.2, 0.25) is 0 Å². The third kappa shape index (κ3) is 2.84. The topological polar surface area (TPSA) is 38.0 Å². The van der Waals surface area contributed by atoms with E-state index in [1.807, 2.05) is 24.7 Å². The fraction of sp³-hybridized carbons (Fsp3) is 0.250. The van der Waals surface area contributed by atoms with E-state index in [-0.39, 0.29) is 0 Å². The lowest BCUT2D eigenvalue weighted by atomic mass is 10.1. The van der Waals surface area contributed by atoms with Crippen molar-refractivity contribution in [2.45, 2.75) is 19.4 Å². The van der Waals surface area contributed by atoms with Gasteiger partial charge in [-0.25, -0.2) is 4.98 Å². The molecule has 78 valence electrons. The van der Waals surface area contributed by atoms with E-state index in [1.54, 1.807) is 18.3 Å². The summed E-state index contributed by atoms with van der Waals surface area (Å²) >= 11 is 0. The lowest BCUT2D eigenvalue weighted by Crippen LogP contribution is -1.96. The minimum absolute atomic E-state index is 0.327. The molecule has 0 aliphatic carbocycles. The van der Waals surface area contributed by atoms with Crippen LogP contribution in [-0.2, 0) is 13.0 Å². The van der Waals surface area contributed by atoms with Crippen molar-refractivity contribution in [1.82, 2.24) is 9.55 Å². The fourth-order valence-corrected chi connectivity index (χ4v) is 1.55. The summed E-state index contributed by atoms with van der Waals surface area (Å²) in [5.74, 6) is 0.327. The van der Waals surface area contributed by atoms with E-state index in [9.17, 15) is 0 Å². The predicted molar refractivity (Wildman–Crippen MR) is 58.7 cm³/mol. The van der Waals surface area contributed by atoms with Crippen molar-refractivity contribution in [3.8, 4) is 5.75 Å². The minimum Gasteiger partial charge on any atom is -0.508 e. The molecule has 3 nitrogen and oxygen atoms in total. The second-order valence-corrected chi connectivity index (χ2v) is 3.57. The van der Waals surface area contributed by atoms with Crippen LogP contribution in [0.5, 0.6) is 5.75 Å². The Labute approximate surface area is 89.0 Å². The van der Waals surface area contributed by atoms with Gasteiger partial charge in [-0.15, -0.1) is 0 Å². The molecule has 0 atom stereocenters. The van der Waals surface area contributed by atoms with Gasteiger partial charge in [0.25, 0.3) is 0 Å². The lowest BCUT2D eigenvalue weighted by Gasteiger charge is -2.02. The number of aromatic nitrogens is 2. The Bertz CT molecular complexity index is 392. The Morgan fingerprint density at radius 1 is 1.20 bits per heavy atom. The molecule has 0 amide bonds. The summed E-state index contributed by atoms with van der Waals surface area (Å²) in [6.07, 6.45) is 7.70. The molecular weight excluding hydrogens is 188 g/mol. The van der Waals surface area contributed by atoms with Crippen molar-refractivity contribution in [1.29, 1.82) is 0 Å². The van der Waals surface area contributed by atoms with Gasteiger partial charge in [-0.3, -0.25) is 0 Å². The highest BCUT2D eigenvalue weighted by molar-refractivity contribution is 5.25. The van der Waals surface area contributed by atoms with Crippen molar-refractivity contribution < 1.29 is 5.11 Å². The average molecular weight is 202 g/mol. The standard InChI is InChI=1S/C12H14N2O/c15-12-5-3-11(4-6-12)2-1-8-14-9-7-13-10-14/h3-7,9-10,15H,1-2,8H2. The van der Waals surface area contributed by atoms with Crippen LogP contribution in [0.15, 0.2) is 43.0 Å². The molecule has 15 heavy (non-hydrogen) atoms. The largest absolute Gasteiger partial charge is 0.508 e. The van der Waals surface area contributed by atoms with Crippen LogP contribution in [0.1, 0.15) is 12.0 Å². The van der Waals surface area contributed by atoms with E-state index in [1.165, 1.54) is 5.56 Å². The summed E-state index contributed by atoms with van der Waals surface area (Å²) in [4.78, 5) is 3.99. The summed E-state index contributed by atoms with van der Waals surface area (Å²) in [5.41, 5.74) is 1.26. The number of aryl methyl sites for hydroxylation is 2. The zero-order chi connectivity index (χ0) is 10.5. The molecule has 2 aromatic rings. The number of rotatable bonds is 4. The zero-order valence-electron chi connectivity index (χ0n) is 8.50. The highest BCUT2D eigenvalue weighted by Crippen LogP contribution is 2.11. The predicted octanol–water partition coefficient (Wildman–Crippen LogP) is 2.22. The molecule has 0 saturated carbocycles. The second-order valence-electron chi connectivity index (χ2n) is 3.57. The zero-order valence-corrected chi connectivity index (χ0v) is 8.50. The Hall–Kier alpha value is -1.77. The van der Waals surface area contributed by atoms with Gasteiger partial charge in [-0.1, -0.05) is 12.1 Å². The fourth-order valence-electron chi connectivity index (χ4n) is 1.55. The number of imidazole rings is 1. The van der Waals surface area contributed by atoms with E-state index in [4.69, 9.17) is 5.11 Å². The second kappa shape index (κ2) is 4.64. The van der Waals surface area contributed by atoms with Crippen LogP contribution in [0, 0.1) is 0 Å². The van der Waals surface area contributed by atoms with Crippen molar-refractivity contribution in [2.24, 2.45) is 0 Å². The van der Waals surface area contributed by atoms with Gasteiger partial charge in [-0.05, 0) is 30.5 Å². The van der Waals surface area contributed by atoms with Crippen LogP contribution in [-0.4, -0.2) is 14.7 Å². The first kappa shape index (κ1) is 9.77. The number of hydrogen-bond acceptors (Lipinski definition) is 2. The van der Waals surface area contributed by atoms with Crippen molar-refractivity contribution in [3.05, 3.63) is 48.5 Å². The first-order valence-electron chi connectivity index (χ1n) is 5.08. The quantitative estimate of drug-likeness (QED) is 0.825. The van der Waals surface area contributed by atoms with Crippen molar-refractivity contribution in [2.75, 3.05) is 0 Å². The average Bonchev–Trinajstić information content (AvgIpc) is 2.74. The van der Waals surface area contributed by atoms with E-state index in [2.05, 4.69) is 9.55 Å². The smallest absolute Gasteiger partial charge is 0.115 e. The third-order valence-electron chi connectivity index (χ3n) is 2.38. The first-order valence-corrected chi connectivity index (χ1v) is 5.08. The molecule has 1 aromatic carbocycles. The summed E-state index contributed by atoms with van der Waals surface area (Å²) < 4.78 is 2.07. The van der Waals surface area contributed by atoms with Crippen molar-refractivity contribution in [3.63, 3.8) is 0 Å².